The molecule has 2 aromatic heterocycles. The molecule has 0 radical (unpaired) electrons. The number of hydrogen-bond acceptors (Lipinski definition) is 5. The van der Waals surface area contributed by atoms with E-state index in [9.17, 15) is 4.79 Å². The molecule has 7 heteroatoms. The van der Waals surface area contributed by atoms with Gasteiger partial charge in [-0.1, -0.05) is 19.3 Å². The lowest BCUT2D eigenvalue weighted by Gasteiger charge is -2.22. The second-order valence-corrected chi connectivity index (χ2v) is 6.96. The molecule has 25 heavy (non-hydrogen) atoms. The van der Waals surface area contributed by atoms with Crippen LogP contribution in [0.4, 0.5) is 5.82 Å². The third-order valence-electron chi connectivity index (χ3n) is 5.09. The van der Waals surface area contributed by atoms with E-state index in [4.69, 9.17) is 4.74 Å². The molecule has 4 rings (SSSR count). The fourth-order valence-corrected chi connectivity index (χ4v) is 3.66. The highest BCUT2D eigenvalue weighted by Crippen LogP contribution is 2.19. The maximum atomic E-state index is 12.6. The molecule has 1 aliphatic carbocycles. The normalized spacial score (nSPS) is 21.5. The quantitative estimate of drug-likeness (QED) is 0.871. The van der Waals surface area contributed by atoms with Gasteiger partial charge >= 0.3 is 0 Å². The van der Waals surface area contributed by atoms with Crippen molar-refractivity contribution in [3.8, 4) is 0 Å². The van der Waals surface area contributed by atoms with Crippen molar-refractivity contribution in [2.24, 2.45) is 0 Å². The molecular weight excluding hydrogens is 318 g/mol. The number of rotatable bonds is 5. The maximum Gasteiger partial charge on any atom is 0.256 e. The Morgan fingerprint density at radius 2 is 2.12 bits per heavy atom. The second-order valence-electron chi connectivity index (χ2n) is 6.96. The minimum Gasteiger partial charge on any atom is -0.376 e. The Balaban J connectivity index is 1.46. The van der Waals surface area contributed by atoms with E-state index in [2.05, 4.69) is 20.7 Å². The van der Waals surface area contributed by atoms with Crippen LogP contribution in [0, 0.1) is 0 Å². The van der Waals surface area contributed by atoms with Crippen molar-refractivity contribution in [1.29, 1.82) is 0 Å². The molecule has 1 amide bonds. The summed E-state index contributed by atoms with van der Waals surface area (Å²) in [7, 11) is 0. The minimum atomic E-state index is -0.0781. The van der Waals surface area contributed by atoms with Crippen molar-refractivity contribution in [2.45, 2.75) is 57.1 Å². The molecule has 2 aromatic rings. The van der Waals surface area contributed by atoms with Gasteiger partial charge in [-0.2, -0.15) is 5.10 Å². The molecule has 1 saturated carbocycles. The Morgan fingerprint density at radius 3 is 2.92 bits per heavy atom. The van der Waals surface area contributed by atoms with Crippen LogP contribution >= 0.6 is 0 Å². The number of ether oxygens (including phenoxy) is 1. The average Bonchev–Trinajstić information content (AvgIpc) is 3.30. The number of nitrogens with one attached hydrogen (secondary N) is 2. The summed E-state index contributed by atoms with van der Waals surface area (Å²) < 4.78 is 7.27. The average molecular weight is 343 g/mol. The third kappa shape index (κ3) is 3.76. The monoisotopic (exact) mass is 343 g/mol. The van der Waals surface area contributed by atoms with Gasteiger partial charge in [0.15, 0.2) is 5.65 Å². The standard InChI is InChI=1S/C18H25N5O2/c24-18(21-13-5-2-1-3-6-13)15-12-20-23-9-8-16(22-17(15)23)19-11-14-7-4-10-25-14/h8-9,12-14H,1-7,10-11H2,(H,19,22)(H,21,24). The first-order chi connectivity index (χ1) is 12.3. The van der Waals surface area contributed by atoms with Crippen molar-refractivity contribution in [2.75, 3.05) is 18.5 Å². The number of nitrogens with zero attached hydrogens (tertiary/aromatic N) is 3. The van der Waals surface area contributed by atoms with Gasteiger partial charge in [0.1, 0.15) is 11.4 Å². The van der Waals surface area contributed by atoms with E-state index < -0.39 is 0 Å². The molecule has 0 aromatic carbocycles. The van der Waals surface area contributed by atoms with Crippen molar-refractivity contribution in [3.05, 3.63) is 24.0 Å². The predicted molar refractivity (Wildman–Crippen MR) is 94.8 cm³/mol. The minimum absolute atomic E-state index is 0.0781. The molecule has 2 N–H and O–H groups in total. The van der Waals surface area contributed by atoms with Crippen molar-refractivity contribution in [3.63, 3.8) is 0 Å². The molecule has 7 nitrogen and oxygen atoms in total. The van der Waals surface area contributed by atoms with Crippen LogP contribution in [-0.2, 0) is 4.74 Å². The fraction of sp³-hybridized carbons (Fsp3) is 0.611. The van der Waals surface area contributed by atoms with Crippen LogP contribution in [0.1, 0.15) is 55.3 Å². The first-order valence-corrected chi connectivity index (χ1v) is 9.30. The third-order valence-corrected chi connectivity index (χ3v) is 5.09. The van der Waals surface area contributed by atoms with E-state index in [1.807, 2.05) is 12.3 Å². The first-order valence-electron chi connectivity index (χ1n) is 9.30. The summed E-state index contributed by atoms with van der Waals surface area (Å²) in [5.74, 6) is 0.667. The molecule has 134 valence electrons. The molecule has 3 heterocycles. The van der Waals surface area contributed by atoms with Crippen LogP contribution in [0.3, 0.4) is 0 Å². The van der Waals surface area contributed by atoms with Crippen LogP contribution in [0.25, 0.3) is 5.65 Å². The number of carbonyl (C=O) groups excluding carboxylic acids is 1. The highest BCUT2D eigenvalue weighted by atomic mass is 16.5. The zero-order chi connectivity index (χ0) is 17.1. The van der Waals surface area contributed by atoms with E-state index in [-0.39, 0.29) is 18.1 Å². The Bertz CT molecular complexity index is 732. The Morgan fingerprint density at radius 1 is 1.24 bits per heavy atom. The number of carbonyl (C=O) groups is 1. The lowest BCUT2D eigenvalue weighted by atomic mass is 9.95. The van der Waals surface area contributed by atoms with Gasteiger partial charge in [0.2, 0.25) is 0 Å². The first kappa shape index (κ1) is 16.3. The van der Waals surface area contributed by atoms with Crippen molar-refractivity contribution >= 4 is 17.4 Å². The van der Waals surface area contributed by atoms with Crippen molar-refractivity contribution < 1.29 is 9.53 Å². The summed E-state index contributed by atoms with van der Waals surface area (Å²) in [6, 6.07) is 2.15. The predicted octanol–water partition coefficient (Wildman–Crippen LogP) is 2.38. The highest BCUT2D eigenvalue weighted by Gasteiger charge is 2.20. The smallest absolute Gasteiger partial charge is 0.256 e. The number of amides is 1. The van der Waals surface area contributed by atoms with Gasteiger partial charge in [-0.15, -0.1) is 0 Å². The van der Waals surface area contributed by atoms with Gasteiger partial charge in [0, 0.05) is 25.4 Å². The Hall–Kier alpha value is -2.15. The molecule has 0 spiro atoms. The summed E-state index contributed by atoms with van der Waals surface area (Å²) in [5.41, 5.74) is 1.12. The summed E-state index contributed by atoms with van der Waals surface area (Å²) in [5, 5.41) is 10.7. The van der Waals surface area contributed by atoms with Crippen LogP contribution in [0.2, 0.25) is 0 Å². The van der Waals surface area contributed by atoms with E-state index >= 15 is 0 Å². The molecule has 2 aliphatic rings. The van der Waals surface area contributed by atoms with Gasteiger partial charge in [-0.05, 0) is 31.7 Å². The summed E-state index contributed by atoms with van der Waals surface area (Å²) >= 11 is 0. The Labute approximate surface area is 147 Å². The number of fused-ring (bicyclic) bond motifs is 1. The van der Waals surface area contributed by atoms with E-state index in [0.29, 0.717) is 11.2 Å². The van der Waals surface area contributed by atoms with Gasteiger partial charge in [0.25, 0.3) is 5.91 Å². The van der Waals surface area contributed by atoms with Crippen molar-refractivity contribution in [1.82, 2.24) is 19.9 Å². The molecule has 1 unspecified atom stereocenters. The zero-order valence-corrected chi connectivity index (χ0v) is 14.4. The SMILES string of the molecule is O=C(NC1CCCCC1)c1cnn2ccc(NCC3CCCO3)nc12. The lowest BCUT2D eigenvalue weighted by Crippen LogP contribution is -2.36. The van der Waals surface area contributed by atoms with Gasteiger partial charge in [0.05, 0.1) is 12.3 Å². The molecule has 1 atom stereocenters. The van der Waals surface area contributed by atoms with Crippen LogP contribution in [0.15, 0.2) is 18.5 Å². The van der Waals surface area contributed by atoms with E-state index in [1.165, 1.54) is 19.3 Å². The van der Waals surface area contributed by atoms with Crippen LogP contribution in [-0.4, -0.2) is 45.8 Å². The number of aromatic nitrogens is 3. The zero-order valence-electron chi connectivity index (χ0n) is 14.4. The van der Waals surface area contributed by atoms with E-state index in [1.54, 1.807) is 10.7 Å². The summed E-state index contributed by atoms with van der Waals surface area (Å²) in [6.45, 7) is 1.58. The largest absolute Gasteiger partial charge is 0.376 e. The van der Waals surface area contributed by atoms with E-state index in [0.717, 1.165) is 44.7 Å². The molecule has 1 aliphatic heterocycles. The highest BCUT2D eigenvalue weighted by molar-refractivity contribution is 5.99. The second kappa shape index (κ2) is 7.39. The molecule has 1 saturated heterocycles. The molecular formula is C18H25N5O2. The number of hydrogen-bond donors (Lipinski definition) is 2. The summed E-state index contributed by atoms with van der Waals surface area (Å²) in [6.07, 6.45) is 11.6. The molecule has 2 fully saturated rings. The number of anilines is 1. The van der Waals surface area contributed by atoms with Gasteiger partial charge in [-0.25, -0.2) is 9.50 Å². The molecule has 0 bridgehead atoms. The maximum absolute atomic E-state index is 12.6. The fourth-order valence-electron chi connectivity index (χ4n) is 3.66. The topological polar surface area (TPSA) is 80.6 Å². The Kier molecular flexibility index (Phi) is 4.83. The van der Waals surface area contributed by atoms with Gasteiger partial charge < -0.3 is 15.4 Å². The van der Waals surface area contributed by atoms with Crippen LogP contribution in [0.5, 0.6) is 0 Å². The lowest BCUT2D eigenvalue weighted by molar-refractivity contribution is 0.0929. The van der Waals surface area contributed by atoms with Gasteiger partial charge in [-0.3, -0.25) is 4.79 Å². The van der Waals surface area contributed by atoms with Crippen LogP contribution < -0.4 is 10.6 Å². The summed E-state index contributed by atoms with van der Waals surface area (Å²) in [4.78, 5) is 17.2.